The number of aryl methyl sites for hydroxylation is 2. The fourth-order valence-corrected chi connectivity index (χ4v) is 2.79. The first kappa shape index (κ1) is 15.5. The van der Waals surface area contributed by atoms with E-state index in [2.05, 4.69) is 48.7 Å². The number of aliphatic imine (C=N–C) groups is 1. The first-order valence-corrected chi connectivity index (χ1v) is 10.5. The lowest BCUT2D eigenvalue weighted by Gasteiger charge is -2.20. The van der Waals surface area contributed by atoms with Gasteiger partial charge >= 0.3 is 0 Å². The molecule has 0 bridgehead atoms. The van der Waals surface area contributed by atoms with E-state index in [-0.39, 0.29) is 0 Å². The molecule has 0 aliphatic rings. The average molecular weight is 301 g/mol. The van der Waals surface area contributed by atoms with Crippen LogP contribution in [0.1, 0.15) is 11.3 Å². The maximum Gasteiger partial charge on any atom is 0.242 e. The minimum atomic E-state index is -1.64. The topological polar surface area (TPSA) is 39.4 Å². The van der Waals surface area contributed by atoms with Crippen molar-refractivity contribution in [2.24, 2.45) is 12.0 Å². The van der Waals surface area contributed by atoms with Crippen molar-refractivity contribution in [3.05, 3.63) is 42.0 Å². The van der Waals surface area contributed by atoms with E-state index >= 15 is 0 Å². The number of hydrogen-bond donors (Lipinski definition) is 0. The summed E-state index contributed by atoms with van der Waals surface area (Å²) in [6.45, 7) is 8.59. The van der Waals surface area contributed by atoms with Crippen molar-refractivity contribution in [3.63, 3.8) is 0 Å². The summed E-state index contributed by atoms with van der Waals surface area (Å²) in [7, 11) is 0.330. The predicted octanol–water partition coefficient (Wildman–Crippen LogP) is 3.89. The van der Waals surface area contributed by atoms with Gasteiger partial charge in [-0.1, -0.05) is 6.07 Å². The van der Waals surface area contributed by atoms with Crippen LogP contribution in [0.3, 0.4) is 0 Å². The number of aromatic nitrogens is 2. The van der Waals surface area contributed by atoms with E-state index in [0.29, 0.717) is 0 Å². The van der Waals surface area contributed by atoms with Gasteiger partial charge in [0.25, 0.3) is 0 Å². The summed E-state index contributed by atoms with van der Waals surface area (Å²) in [4.78, 5) is 8.87. The molecule has 0 radical (unpaired) electrons. The number of nitrogens with zero attached hydrogens (tertiary/aromatic N) is 3. The minimum absolute atomic E-state index is 0.723. The van der Waals surface area contributed by atoms with Gasteiger partial charge in [-0.05, 0) is 44.3 Å². The zero-order valence-corrected chi connectivity index (χ0v) is 14.4. The molecule has 2 rings (SSSR count). The maximum atomic E-state index is 6.10. The van der Waals surface area contributed by atoms with Crippen molar-refractivity contribution in [1.29, 1.82) is 0 Å². The van der Waals surface area contributed by atoms with Crippen molar-refractivity contribution in [3.8, 4) is 5.75 Å². The molecule has 1 aromatic heterocycles. The van der Waals surface area contributed by atoms with E-state index < -0.39 is 8.32 Å². The Bertz CT molecular complexity index is 641. The Morgan fingerprint density at radius 3 is 2.71 bits per heavy atom. The standard InChI is InChI=1S/C16H23N3OSi/c1-13-6-7-16(20-21(3,4)5)15(10-13)17-9-8-14-11-19(2)12-18-14/h6-7,9-12H,8H2,1-5H3. The van der Waals surface area contributed by atoms with Crippen LogP contribution in [0.2, 0.25) is 19.6 Å². The second kappa shape index (κ2) is 6.26. The fourth-order valence-electron chi connectivity index (χ4n) is 1.95. The van der Waals surface area contributed by atoms with E-state index in [4.69, 9.17) is 4.43 Å². The van der Waals surface area contributed by atoms with Crippen LogP contribution in [0.5, 0.6) is 5.75 Å². The lowest BCUT2D eigenvalue weighted by Crippen LogP contribution is -2.29. The summed E-state index contributed by atoms with van der Waals surface area (Å²) < 4.78 is 8.04. The van der Waals surface area contributed by atoms with Crippen LogP contribution < -0.4 is 4.43 Å². The van der Waals surface area contributed by atoms with Gasteiger partial charge in [0, 0.05) is 25.9 Å². The normalized spacial score (nSPS) is 12.0. The zero-order chi connectivity index (χ0) is 15.5. The van der Waals surface area contributed by atoms with Gasteiger partial charge in [-0.25, -0.2) is 4.98 Å². The smallest absolute Gasteiger partial charge is 0.242 e. The Morgan fingerprint density at radius 1 is 1.33 bits per heavy atom. The summed E-state index contributed by atoms with van der Waals surface area (Å²) >= 11 is 0. The van der Waals surface area contributed by atoms with Crippen molar-refractivity contribution in [2.75, 3.05) is 0 Å². The molecule has 1 aromatic carbocycles. The van der Waals surface area contributed by atoms with Crippen LogP contribution in [-0.4, -0.2) is 24.1 Å². The van der Waals surface area contributed by atoms with Gasteiger partial charge in [0.2, 0.25) is 8.32 Å². The lowest BCUT2D eigenvalue weighted by molar-refractivity contribution is 0.559. The molecule has 112 valence electrons. The molecule has 2 aromatic rings. The summed E-state index contributed by atoms with van der Waals surface area (Å²) in [6, 6.07) is 6.14. The zero-order valence-electron chi connectivity index (χ0n) is 13.4. The van der Waals surface area contributed by atoms with E-state index in [1.807, 2.05) is 30.1 Å². The minimum Gasteiger partial charge on any atom is -0.543 e. The quantitative estimate of drug-likeness (QED) is 0.621. The first-order chi connectivity index (χ1) is 9.83. The predicted molar refractivity (Wildman–Crippen MR) is 90.2 cm³/mol. The summed E-state index contributed by atoms with van der Waals surface area (Å²) in [5.41, 5.74) is 3.10. The Morgan fingerprint density at radius 2 is 2.10 bits per heavy atom. The van der Waals surface area contributed by atoms with Gasteiger partial charge in [-0.3, -0.25) is 4.99 Å². The first-order valence-electron chi connectivity index (χ1n) is 7.12. The molecular formula is C16H23N3OSi. The molecule has 4 nitrogen and oxygen atoms in total. The largest absolute Gasteiger partial charge is 0.543 e. The summed E-state index contributed by atoms with van der Waals surface area (Å²) in [6.07, 6.45) is 6.42. The van der Waals surface area contributed by atoms with Gasteiger partial charge < -0.3 is 8.99 Å². The highest BCUT2D eigenvalue weighted by Gasteiger charge is 2.18. The van der Waals surface area contributed by atoms with Gasteiger partial charge in [0.1, 0.15) is 11.4 Å². The highest BCUT2D eigenvalue weighted by molar-refractivity contribution is 6.70. The van der Waals surface area contributed by atoms with Crippen LogP contribution in [0.15, 0.2) is 35.7 Å². The SMILES string of the molecule is Cc1ccc(O[Si](C)(C)C)c(N=CCc2cn(C)cn2)c1. The third-order valence-electron chi connectivity index (χ3n) is 2.82. The molecule has 0 amide bonds. The van der Waals surface area contributed by atoms with Crippen molar-refractivity contribution >= 4 is 20.2 Å². The molecule has 0 unspecified atom stereocenters. The molecular weight excluding hydrogens is 278 g/mol. The highest BCUT2D eigenvalue weighted by atomic mass is 28.4. The average Bonchev–Trinajstić information content (AvgIpc) is 2.77. The van der Waals surface area contributed by atoms with Crippen LogP contribution in [0, 0.1) is 6.92 Å². The van der Waals surface area contributed by atoms with Gasteiger partial charge in [-0.2, -0.15) is 0 Å². The third kappa shape index (κ3) is 4.86. The molecule has 1 heterocycles. The second-order valence-corrected chi connectivity index (χ2v) is 10.7. The Kier molecular flexibility index (Phi) is 4.62. The lowest BCUT2D eigenvalue weighted by atomic mass is 10.2. The van der Waals surface area contributed by atoms with Gasteiger partial charge in [0.15, 0.2) is 0 Å². The Balaban J connectivity index is 2.15. The molecule has 0 aliphatic heterocycles. The molecule has 0 atom stereocenters. The fraction of sp³-hybridized carbons (Fsp3) is 0.375. The number of hydrogen-bond acceptors (Lipinski definition) is 3. The molecule has 0 aliphatic carbocycles. The van der Waals surface area contributed by atoms with Crippen LogP contribution in [0.4, 0.5) is 5.69 Å². The molecule has 0 spiro atoms. The maximum absolute atomic E-state index is 6.10. The summed E-state index contributed by atoms with van der Waals surface area (Å²) in [5.74, 6) is 0.872. The van der Waals surface area contributed by atoms with Crippen molar-refractivity contribution < 1.29 is 4.43 Å². The van der Waals surface area contributed by atoms with E-state index in [1.165, 1.54) is 5.56 Å². The molecule has 0 saturated carbocycles. The van der Waals surface area contributed by atoms with Crippen LogP contribution in [-0.2, 0) is 13.5 Å². The monoisotopic (exact) mass is 301 g/mol. The number of benzene rings is 1. The highest BCUT2D eigenvalue weighted by Crippen LogP contribution is 2.30. The third-order valence-corrected chi connectivity index (χ3v) is 3.65. The molecule has 5 heteroatoms. The van der Waals surface area contributed by atoms with E-state index in [0.717, 1.165) is 23.6 Å². The van der Waals surface area contributed by atoms with Gasteiger partial charge in [-0.15, -0.1) is 0 Å². The number of imidazole rings is 1. The Labute approximate surface area is 127 Å². The molecule has 0 saturated heterocycles. The van der Waals surface area contributed by atoms with Crippen molar-refractivity contribution in [1.82, 2.24) is 9.55 Å². The molecule has 21 heavy (non-hydrogen) atoms. The summed E-state index contributed by atoms with van der Waals surface area (Å²) in [5, 5.41) is 0. The van der Waals surface area contributed by atoms with E-state index in [1.54, 1.807) is 6.33 Å². The van der Waals surface area contributed by atoms with Crippen molar-refractivity contribution in [2.45, 2.75) is 33.0 Å². The van der Waals surface area contributed by atoms with Crippen LogP contribution in [0.25, 0.3) is 0 Å². The van der Waals surface area contributed by atoms with Crippen LogP contribution >= 0.6 is 0 Å². The number of rotatable bonds is 5. The second-order valence-electron chi connectivity index (χ2n) is 6.23. The molecule has 0 N–H and O–H groups in total. The van der Waals surface area contributed by atoms with Gasteiger partial charge in [0.05, 0.1) is 12.0 Å². The molecule has 0 fully saturated rings. The van der Waals surface area contributed by atoms with E-state index in [9.17, 15) is 0 Å². The Hall–Kier alpha value is -1.88.